The first-order chi connectivity index (χ1) is 15.2. The molecular weight excluding hydrogens is 424 g/mol. The molecule has 172 valence electrons. The Morgan fingerprint density at radius 1 is 1.06 bits per heavy atom. The summed E-state index contributed by atoms with van der Waals surface area (Å²) in [6.45, 7) is -0.670. The lowest BCUT2D eigenvalue weighted by atomic mass is 9.75. The predicted molar refractivity (Wildman–Crippen MR) is 108 cm³/mol. The second-order valence-corrected chi connectivity index (χ2v) is 7.91. The highest BCUT2D eigenvalue weighted by atomic mass is 16.6. The second kappa shape index (κ2) is 8.23. The van der Waals surface area contributed by atoms with Gasteiger partial charge in [-0.1, -0.05) is 6.07 Å². The van der Waals surface area contributed by atoms with E-state index in [1.54, 1.807) is 0 Å². The van der Waals surface area contributed by atoms with E-state index in [-0.39, 0.29) is 40.5 Å². The van der Waals surface area contributed by atoms with Crippen LogP contribution in [0.5, 0.6) is 23.0 Å². The van der Waals surface area contributed by atoms with Gasteiger partial charge >= 0.3 is 0 Å². The molecule has 2 aromatic carbocycles. The molecule has 2 aliphatic heterocycles. The summed E-state index contributed by atoms with van der Waals surface area (Å²) < 4.78 is 17.0. The van der Waals surface area contributed by atoms with Gasteiger partial charge in [0.05, 0.1) is 25.7 Å². The van der Waals surface area contributed by atoms with Crippen LogP contribution >= 0.6 is 0 Å². The third-order valence-electron chi connectivity index (χ3n) is 6.00. The average Bonchev–Trinajstić information content (AvgIpc) is 2.77. The summed E-state index contributed by atoms with van der Waals surface area (Å²) in [5.41, 5.74) is -1.38. The zero-order valence-corrected chi connectivity index (χ0v) is 17.1. The van der Waals surface area contributed by atoms with Gasteiger partial charge in [-0.15, -0.1) is 0 Å². The van der Waals surface area contributed by atoms with Crippen LogP contribution in [0.3, 0.4) is 0 Å². The van der Waals surface area contributed by atoms with E-state index in [1.165, 1.54) is 43.5 Å². The number of Topliss-reactive ketones (excluding diaryl/α,β-unsaturated/α-hetero) is 1. The summed E-state index contributed by atoms with van der Waals surface area (Å²) in [6, 6.07) is 8.18. The molecule has 10 heteroatoms. The van der Waals surface area contributed by atoms with Crippen molar-refractivity contribution in [3.63, 3.8) is 0 Å². The summed E-state index contributed by atoms with van der Waals surface area (Å²) >= 11 is 0. The number of phenolic OH excluding ortho intramolecular Hbond substituents is 2. The van der Waals surface area contributed by atoms with Gasteiger partial charge in [0.1, 0.15) is 42.0 Å². The summed E-state index contributed by atoms with van der Waals surface area (Å²) in [7, 11) is 1.36. The van der Waals surface area contributed by atoms with Crippen LogP contribution in [0.4, 0.5) is 0 Å². The van der Waals surface area contributed by atoms with Crippen LogP contribution in [0.2, 0.25) is 0 Å². The number of ether oxygens (including phenoxy) is 3. The van der Waals surface area contributed by atoms with E-state index < -0.39 is 48.5 Å². The number of aliphatic hydroxyl groups is 4. The number of methoxy groups -OCH3 is 1. The van der Waals surface area contributed by atoms with Gasteiger partial charge < -0.3 is 44.8 Å². The molecule has 0 spiro atoms. The van der Waals surface area contributed by atoms with E-state index in [1.807, 2.05) is 0 Å². The molecule has 1 fully saturated rings. The smallest absolute Gasteiger partial charge is 0.171 e. The molecule has 32 heavy (non-hydrogen) atoms. The molecule has 2 unspecified atom stereocenters. The molecule has 0 amide bonds. The van der Waals surface area contributed by atoms with Gasteiger partial charge in [-0.2, -0.15) is 0 Å². The highest BCUT2D eigenvalue weighted by Gasteiger charge is 2.57. The van der Waals surface area contributed by atoms with Gasteiger partial charge in [-0.05, 0) is 24.3 Å². The molecule has 10 nitrogen and oxygen atoms in total. The van der Waals surface area contributed by atoms with Crippen molar-refractivity contribution in [3.05, 3.63) is 47.5 Å². The summed E-state index contributed by atoms with van der Waals surface area (Å²) in [5.74, 6) is -0.685. The molecule has 4 rings (SSSR count). The molecule has 0 aliphatic carbocycles. The molecule has 0 radical (unpaired) electrons. The van der Waals surface area contributed by atoms with E-state index in [0.717, 1.165) is 0 Å². The molecule has 0 saturated carbocycles. The number of carbonyl (C=O) groups is 1. The average molecular weight is 448 g/mol. The molecule has 0 aromatic heterocycles. The number of aliphatic hydroxyl groups excluding tert-OH is 4. The van der Waals surface area contributed by atoms with Crippen molar-refractivity contribution in [2.24, 2.45) is 0 Å². The van der Waals surface area contributed by atoms with Crippen LogP contribution in [0.15, 0.2) is 36.4 Å². The van der Waals surface area contributed by atoms with E-state index in [4.69, 9.17) is 14.2 Å². The molecule has 6 atom stereocenters. The fourth-order valence-electron chi connectivity index (χ4n) is 4.32. The van der Waals surface area contributed by atoms with Crippen LogP contribution in [0.25, 0.3) is 0 Å². The standard InChI is InChI=1S/C22H24O10/c1-30-15-5-2-10(6-13(15)25)22(21-20(29)19(28)18(27)17(9-23)31-21)8-14(26)12-4-3-11(24)7-16(12)32-22/h2-7,17-21,23-25,27-29H,8-9H2,1H3/t17-,18-,19+,20-,21?,22?/m1/s1. The Bertz CT molecular complexity index is 1020. The maximum absolute atomic E-state index is 13.1. The Kier molecular flexibility index (Phi) is 5.74. The summed E-state index contributed by atoms with van der Waals surface area (Å²) in [4.78, 5) is 13.1. The van der Waals surface area contributed by atoms with Crippen LogP contribution < -0.4 is 9.47 Å². The lowest BCUT2D eigenvalue weighted by Gasteiger charge is -2.50. The molecule has 0 bridgehead atoms. The Hall–Kier alpha value is -2.89. The van der Waals surface area contributed by atoms with Crippen molar-refractivity contribution in [1.82, 2.24) is 0 Å². The minimum absolute atomic E-state index is 0.00789. The minimum Gasteiger partial charge on any atom is -0.508 e. The molecule has 1 saturated heterocycles. The third-order valence-corrected chi connectivity index (χ3v) is 6.00. The highest BCUT2D eigenvalue weighted by Crippen LogP contribution is 2.48. The van der Waals surface area contributed by atoms with Crippen molar-refractivity contribution in [3.8, 4) is 23.0 Å². The Morgan fingerprint density at radius 3 is 2.47 bits per heavy atom. The van der Waals surface area contributed by atoms with Crippen molar-refractivity contribution in [2.45, 2.75) is 42.5 Å². The first-order valence-electron chi connectivity index (χ1n) is 9.95. The third kappa shape index (κ3) is 3.46. The van der Waals surface area contributed by atoms with Crippen molar-refractivity contribution >= 4 is 5.78 Å². The van der Waals surface area contributed by atoms with Gasteiger partial charge in [-0.3, -0.25) is 4.79 Å². The Labute approximate surface area is 182 Å². The van der Waals surface area contributed by atoms with E-state index in [0.29, 0.717) is 0 Å². The maximum atomic E-state index is 13.1. The monoisotopic (exact) mass is 448 g/mol. The van der Waals surface area contributed by atoms with Crippen molar-refractivity contribution in [1.29, 1.82) is 0 Å². The minimum atomic E-state index is -1.78. The Morgan fingerprint density at radius 2 is 1.81 bits per heavy atom. The first-order valence-corrected chi connectivity index (χ1v) is 9.95. The number of phenols is 2. The van der Waals surface area contributed by atoms with Crippen molar-refractivity contribution in [2.75, 3.05) is 13.7 Å². The fourth-order valence-corrected chi connectivity index (χ4v) is 4.32. The molecular formula is C22H24O10. The van der Waals surface area contributed by atoms with E-state index in [9.17, 15) is 35.4 Å². The van der Waals surface area contributed by atoms with Gasteiger partial charge in [-0.25, -0.2) is 0 Å². The summed E-state index contributed by atoms with van der Waals surface area (Å²) in [5, 5.41) is 61.3. The number of carbonyl (C=O) groups excluding carboxylic acids is 1. The quantitative estimate of drug-likeness (QED) is 0.369. The highest BCUT2D eigenvalue weighted by molar-refractivity contribution is 6.00. The van der Waals surface area contributed by atoms with Crippen LogP contribution in [0, 0.1) is 0 Å². The van der Waals surface area contributed by atoms with E-state index in [2.05, 4.69) is 0 Å². The first kappa shape index (κ1) is 22.3. The number of hydrogen-bond donors (Lipinski definition) is 6. The van der Waals surface area contributed by atoms with Crippen LogP contribution in [-0.4, -0.2) is 80.7 Å². The summed E-state index contributed by atoms with van der Waals surface area (Å²) in [6.07, 6.45) is -8.08. The van der Waals surface area contributed by atoms with Gasteiger partial charge in [0, 0.05) is 11.6 Å². The lowest BCUT2D eigenvalue weighted by molar-refractivity contribution is -0.268. The molecule has 2 aromatic rings. The van der Waals surface area contributed by atoms with Gasteiger partial charge in [0.2, 0.25) is 0 Å². The second-order valence-electron chi connectivity index (χ2n) is 7.91. The SMILES string of the molecule is COc1ccc(C2(C3O[C@H](CO)[C@@H](O)[C@H](O)[C@H]3O)CC(=O)c3ccc(O)cc3O2)cc1O. The Balaban J connectivity index is 1.90. The topological polar surface area (TPSA) is 166 Å². The molecule has 2 heterocycles. The largest absolute Gasteiger partial charge is 0.508 e. The number of ketones is 1. The number of benzene rings is 2. The fraction of sp³-hybridized carbons (Fsp3) is 0.409. The van der Waals surface area contributed by atoms with Crippen LogP contribution in [-0.2, 0) is 10.3 Å². The van der Waals surface area contributed by atoms with E-state index >= 15 is 0 Å². The number of rotatable bonds is 4. The predicted octanol–water partition coefficient (Wildman–Crippen LogP) is -0.191. The maximum Gasteiger partial charge on any atom is 0.171 e. The molecule has 2 aliphatic rings. The lowest BCUT2D eigenvalue weighted by Crippen LogP contribution is -2.66. The zero-order chi connectivity index (χ0) is 23.2. The van der Waals surface area contributed by atoms with Gasteiger partial charge in [0.15, 0.2) is 22.9 Å². The van der Waals surface area contributed by atoms with Gasteiger partial charge in [0.25, 0.3) is 0 Å². The number of aromatic hydroxyl groups is 2. The number of hydrogen-bond acceptors (Lipinski definition) is 10. The zero-order valence-electron chi connectivity index (χ0n) is 17.1. The van der Waals surface area contributed by atoms with Crippen molar-refractivity contribution < 1.29 is 49.6 Å². The van der Waals surface area contributed by atoms with Crippen LogP contribution in [0.1, 0.15) is 22.3 Å². The number of fused-ring (bicyclic) bond motifs is 1. The normalized spacial score (nSPS) is 32.2. The molecule has 6 N–H and O–H groups in total.